The van der Waals surface area contributed by atoms with E-state index in [2.05, 4.69) is 0 Å². The largest absolute Gasteiger partial charge is 0.497 e. The zero-order chi connectivity index (χ0) is 88.0. The zero-order valence-electron chi connectivity index (χ0n) is 75.0. The van der Waals surface area contributed by atoms with Gasteiger partial charge in [-0.05, 0) is 193 Å². The van der Waals surface area contributed by atoms with E-state index in [1.54, 1.807) is 80.8 Å². The summed E-state index contributed by atoms with van der Waals surface area (Å²) < 4.78 is 62.0. The average Bonchev–Trinajstić information content (AvgIpc) is 0.937. The van der Waals surface area contributed by atoms with Crippen LogP contribution in [-0.2, 0) is 99.5 Å². The van der Waals surface area contributed by atoms with Crippen molar-refractivity contribution < 1.29 is 85.6 Å². The Balaban J connectivity index is -0.000000680. The summed E-state index contributed by atoms with van der Waals surface area (Å²) in [6, 6.07) is 60.9. The summed E-state index contributed by atoms with van der Waals surface area (Å²) in [4.78, 5) is 69.7. The van der Waals surface area contributed by atoms with Crippen LogP contribution in [0, 0.1) is 0 Å². The maximum atomic E-state index is 11.8. The Hall–Kier alpha value is -10.6. The fourth-order valence-corrected chi connectivity index (χ4v) is 9.40. The van der Waals surface area contributed by atoms with Crippen LogP contribution in [0.25, 0.3) is 0 Å². The van der Waals surface area contributed by atoms with Gasteiger partial charge < -0.3 is 56.8 Å². The standard InChI is InChI=1S/C22H26O5.C21H24O5.C20H24O4.C19H22O4.8C2H6/c1-3-21(23)27-20-13-9-17(10-14-20)5-4-6-22(24)26-16-15-18-7-11-19(25-2)12-8-18;1-3-20(22)26-19-13-7-16(8-14-19)5-4-6-21(23)25-15-17-9-11-18(24-2)12-10-17;1-22-18-10-6-16(7-11-18)4-3-5-20(21)24-15-14-17-8-12-19(23-2)13-9-17;1-21-17-10-6-15(7-11-17)4-3-5-19(20)23-14-16-8-12-18(22-2)13-9-16;8*1-2/h7-14H,3-6,15-16H2,1-2H3;7-14H,3-6,15H2,1-2H3;6-13H,3-5,14-15H2,1-2H3;6-13H,3-5,14H2,1-2H3;8*1-2H3. The number of hydrogen-bond donors (Lipinski definition) is 0. The van der Waals surface area contributed by atoms with Gasteiger partial charge in [0.1, 0.15) is 59.2 Å². The molecule has 0 atom stereocenters. The fraction of sp³-hybridized carbons (Fsp3) is 0.449. The van der Waals surface area contributed by atoms with Crippen LogP contribution in [-0.4, -0.2) is 91.7 Å². The molecule has 0 fully saturated rings. The first-order chi connectivity index (χ1) is 56.6. The number of ether oxygens (including phenoxy) is 12. The second kappa shape index (κ2) is 78.3. The molecule has 0 spiro atoms. The van der Waals surface area contributed by atoms with E-state index >= 15 is 0 Å². The summed E-state index contributed by atoms with van der Waals surface area (Å²) in [7, 11) is 9.80. The van der Waals surface area contributed by atoms with Crippen molar-refractivity contribution in [2.75, 3.05) is 55.9 Å². The van der Waals surface area contributed by atoms with Gasteiger partial charge in [0.05, 0.1) is 55.9 Å². The number of aryl methyl sites for hydroxylation is 4. The number of benzene rings is 8. The highest BCUT2D eigenvalue weighted by molar-refractivity contribution is 5.73. The molecule has 116 heavy (non-hydrogen) atoms. The molecule has 0 amide bonds. The maximum Gasteiger partial charge on any atom is 0.310 e. The lowest BCUT2D eigenvalue weighted by molar-refractivity contribution is -0.146. The lowest BCUT2D eigenvalue weighted by Crippen LogP contribution is -2.08. The number of carbonyl (C=O) groups is 6. The van der Waals surface area contributed by atoms with Crippen molar-refractivity contribution in [3.05, 3.63) is 239 Å². The first-order valence-corrected chi connectivity index (χ1v) is 41.6. The van der Waals surface area contributed by atoms with Crippen LogP contribution in [0.1, 0.15) is 233 Å². The molecule has 0 aromatic heterocycles. The average molecular weight is 1610 g/mol. The molecule has 18 nitrogen and oxygen atoms in total. The Morgan fingerprint density at radius 2 is 0.371 bits per heavy atom. The van der Waals surface area contributed by atoms with E-state index in [0.29, 0.717) is 89.1 Å². The van der Waals surface area contributed by atoms with Gasteiger partial charge in [-0.25, -0.2) is 0 Å². The minimum Gasteiger partial charge on any atom is -0.497 e. The fourth-order valence-electron chi connectivity index (χ4n) is 9.40. The second-order valence-electron chi connectivity index (χ2n) is 22.7. The van der Waals surface area contributed by atoms with Crippen LogP contribution in [0.4, 0.5) is 0 Å². The van der Waals surface area contributed by atoms with Gasteiger partial charge in [0.15, 0.2) is 0 Å². The summed E-state index contributed by atoms with van der Waals surface area (Å²) in [5, 5.41) is 0. The van der Waals surface area contributed by atoms with E-state index in [9.17, 15) is 28.8 Å². The van der Waals surface area contributed by atoms with Gasteiger partial charge in [-0.3, -0.25) is 28.8 Å². The number of hydrogen-bond acceptors (Lipinski definition) is 18. The molecule has 0 saturated carbocycles. The molecule has 8 aromatic rings. The van der Waals surface area contributed by atoms with Crippen LogP contribution in [0.5, 0.6) is 46.0 Å². The number of esters is 6. The SMILES string of the molecule is CC.CC.CC.CC.CC.CC.CC.CC.CCC(=O)Oc1ccc(CCCC(=O)OCCc2ccc(OC)cc2)cc1.CCC(=O)Oc1ccc(CCCC(=O)OCc2ccc(OC)cc2)cc1.COc1ccc(CCCC(=O)OCCc2ccc(OC)cc2)cc1.COc1ccc(CCCC(=O)OCc2ccc(OC)cc2)cc1. The van der Waals surface area contributed by atoms with Gasteiger partial charge in [-0.1, -0.05) is 222 Å². The van der Waals surface area contributed by atoms with E-state index in [1.165, 1.54) is 11.1 Å². The molecular formula is C98H144O18. The highest BCUT2D eigenvalue weighted by Crippen LogP contribution is 2.21. The Morgan fingerprint density at radius 3 is 0.552 bits per heavy atom. The monoisotopic (exact) mass is 1610 g/mol. The summed E-state index contributed by atoms with van der Waals surface area (Å²) in [5.41, 5.74) is 8.68. The molecule has 0 saturated heterocycles. The molecule has 0 N–H and O–H groups in total. The van der Waals surface area contributed by atoms with Crippen molar-refractivity contribution in [2.45, 2.75) is 241 Å². The van der Waals surface area contributed by atoms with Crippen LogP contribution < -0.4 is 37.9 Å². The third-order valence-electron chi connectivity index (χ3n) is 15.3. The normalized spacial score (nSPS) is 9.24. The molecule has 8 aromatic carbocycles. The Bertz CT molecular complexity index is 3560. The third kappa shape index (κ3) is 55.8. The lowest BCUT2D eigenvalue weighted by atomic mass is 10.1. The molecule has 8 rings (SSSR count). The van der Waals surface area contributed by atoms with Crippen LogP contribution in [0.15, 0.2) is 194 Å². The zero-order valence-corrected chi connectivity index (χ0v) is 75.0. The molecule has 0 heterocycles. The molecule has 0 aliphatic carbocycles. The van der Waals surface area contributed by atoms with Gasteiger partial charge in [-0.15, -0.1) is 0 Å². The van der Waals surface area contributed by atoms with Crippen molar-refractivity contribution >= 4 is 35.8 Å². The maximum absolute atomic E-state index is 11.8. The van der Waals surface area contributed by atoms with Crippen molar-refractivity contribution in [3.63, 3.8) is 0 Å². The summed E-state index contributed by atoms with van der Waals surface area (Å²) >= 11 is 0. The first kappa shape index (κ1) is 112. The Labute approximate surface area is 698 Å². The van der Waals surface area contributed by atoms with Crippen molar-refractivity contribution in [1.29, 1.82) is 0 Å². The van der Waals surface area contributed by atoms with E-state index in [1.807, 2.05) is 281 Å². The van der Waals surface area contributed by atoms with E-state index < -0.39 is 0 Å². The number of rotatable bonds is 36. The van der Waals surface area contributed by atoms with Crippen molar-refractivity contribution in [3.8, 4) is 46.0 Å². The lowest BCUT2D eigenvalue weighted by Gasteiger charge is -2.07. The first-order valence-electron chi connectivity index (χ1n) is 41.6. The molecule has 0 bridgehead atoms. The number of carbonyl (C=O) groups excluding carboxylic acids is 6. The smallest absolute Gasteiger partial charge is 0.310 e. The van der Waals surface area contributed by atoms with E-state index in [4.69, 9.17) is 56.8 Å². The van der Waals surface area contributed by atoms with Gasteiger partial charge in [0.2, 0.25) is 0 Å². The number of methoxy groups -OCH3 is 6. The molecular weight excluding hydrogens is 1470 g/mol. The van der Waals surface area contributed by atoms with Gasteiger partial charge in [0, 0.05) is 51.4 Å². The van der Waals surface area contributed by atoms with E-state index in [-0.39, 0.29) is 42.4 Å². The van der Waals surface area contributed by atoms with Crippen LogP contribution >= 0.6 is 0 Å². The highest BCUT2D eigenvalue weighted by Gasteiger charge is 2.11. The second-order valence-corrected chi connectivity index (χ2v) is 22.7. The van der Waals surface area contributed by atoms with E-state index in [0.717, 1.165) is 113 Å². The molecule has 0 radical (unpaired) electrons. The minimum absolute atomic E-state index is 0.142. The van der Waals surface area contributed by atoms with Crippen LogP contribution in [0.2, 0.25) is 0 Å². The minimum atomic E-state index is -0.252. The highest BCUT2D eigenvalue weighted by atomic mass is 16.6. The topological polar surface area (TPSA) is 213 Å². The molecule has 644 valence electrons. The quantitative estimate of drug-likeness (QED) is 0.0203. The summed E-state index contributed by atoms with van der Waals surface area (Å²) in [5.74, 6) is 4.76. The third-order valence-corrected chi connectivity index (χ3v) is 15.3. The van der Waals surface area contributed by atoms with Crippen molar-refractivity contribution in [1.82, 2.24) is 0 Å². The van der Waals surface area contributed by atoms with Gasteiger partial charge in [0.25, 0.3) is 0 Å². The predicted molar refractivity (Wildman–Crippen MR) is 474 cm³/mol. The molecule has 18 heteroatoms. The molecule has 0 aliphatic heterocycles. The predicted octanol–water partition coefficient (Wildman–Crippen LogP) is 24.0. The molecule has 0 unspecified atom stereocenters. The van der Waals surface area contributed by atoms with Gasteiger partial charge in [-0.2, -0.15) is 0 Å². The summed E-state index contributed by atoms with van der Waals surface area (Å²) in [6.45, 7) is 36.9. The van der Waals surface area contributed by atoms with Crippen LogP contribution in [0.3, 0.4) is 0 Å². The molecule has 0 aliphatic rings. The Morgan fingerprint density at radius 1 is 0.207 bits per heavy atom. The van der Waals surface area contributed by atoms with Gasteiger partial charge >= 0.3 is 35.8 Å². The Kier molecular flexibility index (Phi) is 75.4. The van der Waals surface area contributed by atoms with Crippen molar-refractivity contribution in [2.24, 2.45) is 0 Å². The summed E-state index contributed by atoms with van der Waals surface area (Å²) in [6.07, 6.45) is 9.93.